The molecule has 0 saturated heterocycles. The number of rotatable bonds is 5. The van der Waals surface area contributed by atoms with E-state index in [1.165, 1.54) is 103 Å². The van der Waals surface area contributed by atoms with Crippen LogP contribution in [-0.4, -0.2) is 47.4 Å². The summed E-state index contributed by atoms with van der Waals surface area (Å²) in [7, 11) is -2.56. The van der Waals surface area contributed by atoms with Gasteiger partial charge in [-0.2, -0.15) is 0 Å². The summed E-state index contributed by atoms with van der Waals surface area (Å²) in [6, 6.07) is 0. The van der Waals surface area contributed by atoms with Gasteiger partial charge in [0.15, 0.2) is 0 Å². The van der Waals surface area contributed by atoms with Crippen molar-refractivity contribution in [2.45, 2.75) is 244 Å². The molecule has 0 heterocycles. The minimum Gasteiger partial charge on any atom is -0.358 e. The van der Waals surface area contributed by atoms with Gasteiger partial charge in [-0.25, -0.2) is 0 Å². The van der Waals surface area contributed by atoms with E-state index in [4.69, 9.17) is 0 Å². The van der Waals surface area contributed by atoms with Crippen LogP contribution in [0.4, 0.5) is 0 Å². The van der Waals surface area contributed by atoms with Gasteiger partial charge in [0.1, 0.15) is 16.3 Å². The number of hydrogen-bond donors (Lipinski definition) is 2. The van der Waals surface area contributed by atoms with E-state index in [-0.39, 0.29) is 82.1 Å². The fraction of sp³-hybridized carbons (Fsp3) is 0.911. The molecule has 4 saturated carbocycles. The normalized spacial score (nSPS) is 24.5. The van der Waals surface area contributed by atoms with Gasteiger partial charge in [0, 0.05) is 11.8 Å². The van der Waals surface area contributed by atoms with E-state index in [9.17, 15) is 9.79 Å². The average molecular weight is 877 g/mol. The first-order valence-electron chi connectivity index (χ1n) is 19.9. The first-order valence-corrected chi connectivity index (χ1v) is 24.4. The monoisotopic (exact) mass is 877 g/mol. The maximum atomic E-state index is 11.0. The molecule has 0 radical (unpaired) electrons. The standard InChI is InChI=1S/C19H40OP2.C12H25OP.2C5H10.4CH3.2Fe/c1-14(21(17(2,3)4)18(5,6)7)15-12-11-13-16(15)22(20)19(8,9)10;1-9(2)10-7-6-8-11(10)14(13)12(3,4)5;2*1-2-4-5-3-1;;;;;;/h14-16,20H,11-13H2,1-10H3;9-11,13H,6-8H2,1-5H3;2*1-5H2;4*1H3;;/q;;;;4*-1;2*+2/p+2/t14-,15?,16?,22?;;;;;;;;;/m0........./s1. The molecule has 4 aliphatic rings. The fourth-order valence-corrected chi connectivity index (χ4v) is 19.7. The van der Waals surface area contributed by atoms with Crippen LogP contribution in [-0.2, 0) is 34.1 Å². The molecule has 320 valence electrons. The maximum Gasteiger partial charge on any atom is 2.00 e. The van der Waals surface area contributed by atoms with Crippen molar-refractivity contribution in [3.63, 3.8) is 0 Å². The molecule has 4 aliphatic carbocycles. The molecule has 4 rings (SSSR count). The molecule has 4 fully saturated rings. The van der Waals surface area contributed by atoms with Crippen LogP contribution in [0.5, 0.6) is 0 Å². The van der Waals surface area contributed by atoms with Crippen molar-refractivity contribution >= 4 is 24.2 Å². The Morgan fingerprint density at radius 3 is 0.923 bits per heavy atom. The Bertz CT molecular complexity index is 766. The van der Waals surface area contributed by atoms with Gasteiger partial charge >= 0.3 is 34.1 Å². The molecule has 52 heavy (non-hydrogen) atoms. The van der Waals surface area contributed by atoms with Gasteiger partial charge in [-0.1, -0.05) is 134 Å². The Hall–Kier alpha value is 2.25. The summed E-state index contributed by atoms with van der Waals surface area (Å²) >= 11 is 0. The Kier molecular flexibility index (Phi) is 38.5. The molecule has 0 spiro atoms. The van der Waals surface area contributed by atoms with Crippen molar-refractivity contribution in [3.8, 4) is 0 Å². The van der Waals surface area contributed by atoms with Gasteiger partial charge in [-0.15, -0.1) is 0 Å². The molecule has 0 aliphatic heterocycles. The molecular weight excluding hydrogens is 777 g/mol. The van der Waals surface area contributed by atoms with Gasteiger partial charge in [-0.3, -0.25) is 9.79 Å². The van der Waals surface area contributed by atoms with E-state index in [2.05, 4.69) is 104 Å². The zero-order valence-electron chi connectivity index (χ0n) is 38.8. The molecule has 0 aromatic carbocycles. The minimum atomic E-state index is -1.29. The van der Waals surface area contributed by atoms with Gasteiger partial charge in [0.25, 0.3) is 0 Å². The molecule has 0 bridgehead atoms. The second-order valence-electron chi connectivity index (χ2n) is 19.9. The van der Waals surface area contributed by atoms with Gasteiger partial charge in [-0.05, 0) is 102 Å². The van der Waals surface area contributed by atoms with Crippen LogP contribution in [0.15, 0.2) is 0 Å². The average Bonchev–Trinajstić information content (AvgIpc) is 3.74. The Labute approximate surface area is 357 Å². The third-order valence-corrected chi connectivity index (χ3v) is 21.2. The SMILES string of the molecule is C1CCCC1.C1CCCC1.CC(C)C1CCCC1[PH+](O)C(C)(C)C.C[C@@H](C1CCCC1[PH+](O)C(C)(C)C)P(C(C)(C)C)C(C)(C)C.[CH3-].[CH3-].[CH3-].[CH3-].[Fe+2].[Fe+2]. The molecule has 2 nitrogen and oxygen atoms in total. The summed E-state index contributed by atoms with van der Waals surface area (Å²) in [4.78, 5) is 21.4. The van der Waals surface area contributed by atoms with Gasteiger partial charge in [0.05, 0.1) is 21.6 Å². The van der Waals surface area contributed by atoms with Gasteiger partial charge in [0.2, 0.25) is 0 Å². The topological polar surface area (TPSA) is 40.5 Å². The van der Waals surface area contributed by atoms with Crippen molar-refractivity contribution in [2.24, 2.45) is 17.8 Å². The van der Waals surface area contributed by atoms with Crippen molar-refractivity contribution < 1.29 is 43.9 Å². The molecule has 2 N–H and O–H groups in total. The van der Waals surface area contributed by atoms with Crippen LogP contribution in [0.2, 0.25) is 0 Å². The van der Waals surface area contributed by atoms with Crippen LogP contribution in [0, 0.1) is 47.5 Å². The molecule has 0 aromatic rings. The molecule has 0 aromatic heterocycles. The third kappa shape index (κ3) is 23.6. The second-order valence-corrected chi connectivity index (χ2v) is 30.2. The first kappa shape index (κ1) is 66.1. The summed E-state index contributed by atoms with van der Waals surface area (Å²) in [5, 5.41) is 1.01. The zero-order valence-corrected chi connectivity index (χ0v) is 43.9. The molecule has 6 unspecified atom stereocenters. The van der Waals surface area contributed by atoms with E-state index in [1.54, 1.807) is 0 Å². The van der Waals surface area contributed by atoms with E-state index >= 15 is 0 Å². The second kappa shape index (κ2) is 30.3. The van der Waals surface area contributed by atoms with Crippen molar-refractivity contribution in [2.75, 3.05) is 0 Å². The summed E-state index contributed by atoms with van der Waals surface area (Å²) in [6.07, 6.45) is 22.9. The summed E-state index contributed by atoms with van der Waals surface area (Å²) < 4.78 is 0. The van der Waals surface area contributed by atoms with Crippen LogP contribution in [0.1, 0.15) is 207 Å². The quantitative estimate of drug-likeness (QED) is 0.164. The summed E-state index contributed by atoms with van der Waals surface area (Å²) in [5.74, 6) is 2.27. The van der Waals surface area contributed by atoms with Crippen molar-refractivity contribution in [1.29, 1.82) is 0 Å². The molecule has 0 amide bonds. The van der Waals surface area contributed by atoms with Crippen LogP contribution in [0.25, 0.3) is 0 Å². The maximum absolute atomic E-state index is 11.0. The Balaban J connectivity index is -0.000000151. The predicted molar refractivity (Wildman–Crippen MR) is 245 cm³/mol. The first-order chi connectivity index (χ1) is 21.0. The van der Waals surface area contributed by atoms with Crippen molar-refractivity contribution in [1.82, 2.24) is 0 Å². The van der Waals surface area contributed by atoms with E-state index < -0.39 is 16.3 Å². The third-order valence-electron chi connectivity index (χ3n) is 11.2. The van der Waals surface area contributed by atoms with Crippen LogP contribution < -0.4 is 0 Å². The largest absolute Gasteiger partial charge is 2.00 e. The van der Waals surface area contributed by atoms with Crippen LogP contribution >= 0.6 is 24.2 Å². The van der Waals surface area contributed by atoms with E-state index in [1.807, 2.05) is 0 Å². The Morgan fingerprint density at radius 2 is 0.692 bits per heavy atom. The predicted octanol–water partition coefficient (Wildman–Crippen LogP) is 16.0. The molecule has 7 atom stereocenters. The summed E-state index contributed by atoms with van der Waals surface area (Å²) in [6.45, 7) is 35.0. The smallest absolute Gasteiger partial charge is 0.358 e. The van der Waals surface area contributed by atoms with E-state index in [0.29, 0.717) is 21.6 Å². The number of hydrogen-bond acceptors (Lipinski definition) is 2. The van der Waals surface area contributed by atoms with Gasteiger partial charge < -0.3 is 29.7 Å². The zero-order chi connectivity index (χ0) is 35.5. The molecule has 7 heteroatoms. The van der Waals surface area contributed by atoms with Crippen molar-refractivity contribution in [3.05, 3.63) is 29.7 Å². The minimum absolute atomic E-state index is 0. The fourth-order valence-electron chi connectivity index (χ4n) is 9.33. The summed E-state index contributed by atoms with van der Waals surface area (Å²) in [5.41, 5.74) is 1.98. The molecular formula is C45H99Fe2O2P3+2. The van der Waals surface area contributed by atoms with E-state index in [0.717, 1.165) is 23.4 Å². The van der Waals surface area contributed by atoms with Crippen LogP contribution in [0.3, 0.4) is 0 Å². The Morgan fingerprint density at radius 1 is 0.442 bits per heavy atom.